The Morgan fingerprint density at radius 2 is 1.02 bits per heavy atom. The van der Waals surface area contributed by atoms with Gasteiger partial charge in [-0.2, -0.15) is 36.4 Å². The van der Waals surface area contributed by atoms with Crippen LogP contribution in [-0.4, -0.2) is 75.4 Å². The first kappa shape index (κ1) is 58.0. The van der Waals surface area contributed by atoms with Crippen molar-refractivity contribution in [1.82, 2.24) is 5.06 Å². The molecular formula is C57H90BrMgNO5. The molecule has 0 radical (unpaired) electrons. The zero-order valence-electron chi connectivity index (χ0n) is 39.1. The van der Waals surface area contributed by atoms with Crippen LogP contribution in [0.25, 0.3) is 0 Å². The van der Waals surface area contributed by atoms with E-state index in [0.717, 1.165) is 97.3 Å². The van der Waals surface area contributed by atoms with E-state index in [1.807, 2.05) is 74.5 Å². The number of nitrogens with zero attached hydrogens (tertiary/aromatic N) is 1. The molecular weight excluding hydrogens is 883 g/mol. The minimum Gasteiger partial charge on any atom is -1.00 e. The predicted molar refractivity (Wildman–Crippen MR) is 264 cm³/mol. The molecule has 0 bridgehead atoms. The summed E-state index contributed by atoms with van der Waals surface area (Å²) in [6.07, 6.45) is 21.2. The van der Waals surface area contributed by atoms with Crippen LogP contribution in [-0.2, 0) is 9.63 Å². The van der Waals surface area contributed by atoms with Gasteiger partial charge < -0.3 is 27.2 Å². The minimum atomic E-state index is -0.438. The first-order valence-electron chi connectivity index (χ1n) is 24.4. The fourth-order valence-corrected chi connectivity index (χ4v) is 16.5. The molecule has 0 heterocycles. The Hall–Kier alpha value is -1.29. The standard InChI is InChI=1S/C26H36O2.C22H37NO3.C6H5.3CH4.BrH.Mg/c1-25(28)14-12-19-18(16-25)8-9-21-20(19)13-15-26(2)22(21)10-11-23(26)24(27)17-6-4-3-5-7-17;1-21(25)11-9-15-14(13-21)5-6-17-16(15)10-12-22(2)18(17)7-8-19(22)20(24)23(3)26-4;1-2-4-6-5-3-1;;;;;/h3-7,18-23,28H,8-16H2,1-2H3;14-19,25H,5-13H2,1-4H3;1-5H;3*1H4;1H;/q;;-1;;;;;+2/p-1/t18-,19+,20-,21-,22+,23-,25-,26+;14-,15+,16-,17-,18+,19-,21-,22+;;;;;;/m11....../s1. The van der Waals surface area contributed by atoms with Crippen molar-refractivity contribution in [3.63, 3.8) is 0 Å². The van der Waals surface area contributed by atoms with Gasteiger partial charge >= 0.3 is 23.1 Å². The Morgan fingerprint density at radius 1 is 0.585 bits per heavy atom. The Kier molecular flexibility index (Phi) is 21.0. The van der Waals surface area contributed by atoms with Gasteiger partial charge in [0, 0.05) is 24.4 Å². The van der Waals surface area contributed by atoms with E-state index < -0.39 is 11.2 Å². The van der Waals surface area contributed by atoms with Crippen molar-refractivity contribution >= 4 is 34.7 Å². The molecule has 8 fully saturated rings. The van der Waals surface area contributed by atoms with Gasteiger partial charge in [-0.05, 0) is 199 Å². The van der Waals surface area contributed by atoms with Crippen molar-refractivity contribution < 1.29 is 41.6 Å². The van der Waals surface area contributed by atoms with Crippen molar-refractivity contribution in [1.29, 1.82) is 0 Å². The summed E-state index contributed by atoms with van der Waals surface area (Å²) in [5.41, 5.74) is 0.388. The number of carbonyl (C=O) groups is 2. The molecule has 0 aliphatic heterocycles. The van der Waals surface area contributed by atoms with Crippen LogP contribution < -0.4 is 17.0 Å². The SMILES string of the molecule is C.C.C.CON(C)C(=O)[C@H]1CC[C@H]2[C@@H]3CC[C@@H]4C[C@](C)(O)CC[C@@H]4[C@H]3CC[C@]12C.C[C@@]1(O)CC[C@H]2[C@H](CC[C@@H]3[C@@H]2CC[C@]2(C)[C@@H](C(=O)c4ccccc4)CC[C@@H]32)C1.[Br-].[Mg+2].[c-]1ccccc1. The van der Waals surface area contributed by atoms with Crippen molar-refractivity contribution in [3.8, 4) is 0 Å². The maximum absolute atomic E-state index is 13.3. The van der Waals surface area contributed by atoms with Gasteiger partial charge in [0.15, 0.2) is 5.78 Å². The molecule has 8 saturated carbocycles. The van der Waals surface area contributed by atoms with E-state index in [1.54, 1.807) is 14.2 Å². The summed E-state index contributed by atoms with van der Waals surface area (Å²) in [6.45, 7) is 8.92. The van der Waals surface area contributed by atoms with Gasteiger partial charge in [-0.1, -0.05) is 66.5 Å². The number of amides is 1. The van der Waals surface area contributed by atoms with Crippen molar-refractivity contribution in [2.24, 2.45) is 81.8 Å². The van der Waals surface area contributed by atoms with Crippen LogP contribution in [0, 0.1) is 87.9 Å². The molecule has 0 unspecified atom stereocenters. The molecule has 0 aromatic heterocycles. The average molecular weight is 974 g/mol. The van der Waals surface area contributed by atoms with E-state index in [9.17, 15) is 19.8 Å². The molecule has 65 heavy (non-hydrogen) atoms. The Bertz CT molecular complexity index is 1750. The summed E-state index contributed by atoms with van der Waals surface area (Å²) >= 11 is 0. The fourth-order valence-electron chi connectivity index (χ4n) is 16.5. The quantitative estimate of drug-likeness (QED) is 0.138. The first-order valence-corrected chi connectivity index (χ1v) is 24.4. The number of benzene rings is 2. The summed E-state index contributed by atoms with van der Waals surface area (Å²) in [5, 5.41) is 22.5. The molecule has 10 rings (SSSR count). The summed E-state index contributed by atoms with van der Waals surface area (Å²) in [7, 11) is 3.34. The zero-order valence-corrected chi connectivity index (χ0v) is 42.1. The van der Waals surface area contributed by atoms with E-state index in [0.29, 0.717) is 11.7 Å². The number of rotatable bonds is 4. The number of hydroxylamine groups is 2. The maximum Gasteiger partial charge on any atom is 2.00 e. The molecule has 2 aromatic rings. The normalized spacial score (nSPS) is 41.5. The van der Waals surface area contributed by atoms with Gasteiger partial charge in [-0.3, -0.25) is 14.4 Å². The number of hydrogen-bond acceptors (Lipinski definition) is 5. The van der Waals surface area contributed by atoms with Crippen LogP contribution in [0.3, 0.4) is 0 Å². The number of Topliss-reactive ketones (excluding diaryl/α,β-unsaturated/α-hetero) is 1. The van der Waals surface area contributed by atoms with Crippen molar-refractivity contribution in [2.75, 3.05) is 14.2 Å². The van der Waals surface area contributed by atoms with Crippen LogP contribution in [0.2, 0.25) is 0 Å². The van der Waals surface area contributed by atoms with Crippen molar-refractivity contribution in [2.45, 2.75) is 177 Å². The molecule has 2 aromatic carbocycles. The van der Waals surface area contributed by atoms with Gasteiger partial charge in [0.2, 0.25) is 5.91 Å². The third-order valence-corrected chi connectivity index (χ3v) is 19.3. The second-order valence-corrected chi connectivity index (χ2v) is 22.5. The van der Waals surface area contributed by atoms with Gasteiger partial charge in [0.1, 0.15) is 0 Å². The third kappa shape index (κ3) is 11.7. The Balaban J connectivity index is 0.000000286. The average Bonchev–Trinajstić information content (AvgIpc) is 3.80. The van der Waals surface area contributed by atoms with E-state index in [4.69, 9.17) is 4.84 Å². The molecule has 8 heteroatoms. The number of hydrogen-bond donors (Lipinski definition) is 2. The second-order valence-electron chi connectivity index (χ2n) is 22.5. The minimum absolute atomic E-state index is 0. The summed E-state index contributed by atoms with van der Waals surface area (Å²) in [6, 6.07) is 22.5. The molecule has 362 valence electrons. The van der Waals surface area contributed by atoms with E-state index in [-0.39, 0.29) is 90.9 Å². The topological polar surface area (TPSA) is 87.1 Å². The smallest absolute Gasteiger partial charge is 1.00 e. The number of aliphatic hydroxyl groups is 2. The van der Waals surface area contributed by atoms with Gasteiger partial charge in [-0.15, -0.1) is 0 Å². The predicted octanol–water partition coefficient (Wildman–Crippen LogP) is 9.93. The van der Waals surface area contributed by atoms with Crippen LogP contribution in [0.15, 0.2) is 60.7 Å². The molecule has 8 aliphatic rings. The first-order chi connectivity index (χ1) is 28.7. The molecule has 6 nitrogen and oxygen atoms in total. The maximum atomic E-state index is 13.3. The largest absolute Gasteiger partial charge is 2.00 e. The number of fused-ring (bicyclic) bond motifs is 10. The Morgan fingerprint density at radius 3 is 1.45 bits per heavy atom. The summed E-state index contributed by atoms with van der Waals surface area (Å²) in [5.74, 6) is 8.73. The molecule has 0 spiro atoms. The van der Waals surface area contributed by atoms with Crippen molar-refractivity contribution in [3.05, 3.63) is 72.3 Å². The van der Waals surface area contributed by atoms with E-state index in [1.165, 1.54) is 82.1 Å². The van der Waals surface area contributed by atoms with Gasteiger partial charge in [0.25, 0.3) is 0 Å². The molecule has 2 N–H and O–H groups in total. The van der Waals surface area contributed by atoms with E-state index in [2.05, 4.69) is 19.9 Å². The monoisotopic (exact) mass is 972 g/mol. The Labute approximate surface area is 423 Å². The van der Waals surface area contributed by atoms with Gasteiger partial charge in [0.05, 0.1) is 18.3 Å². The van der Waals surface area contributed by atoms with Crippen LogP contribution in [0.5, 0.6) is 0 Å². The number of carbonyl (C=O) groups excluding carboxylic acids is 2. The molecule has 8 aliphatic carbocycles. The molecule has 16 atom stereocenters. The van der Waals surface area contributed by atoms with Crippen LogP contribution >= 0.6 is 0 Å². The summed E-state index contributed by atoms with van der Waals surface area (Å²) in [4.78, 5) is 31.4. The van der Waals surface area contributed by atoms with Crippen LogP contribution in [0.4, 0.5) is 0 Å². The number of halogens is 1. The third-order valence-electron chi connectivity index (χ3n) is 19.3. The van der Waals surface area contributed by atoms with Crippen LogP contribution in [0.1, 0.15) is 176 Å². The van der Waals surface area contributed by atoms with E-state index >= 15 is 0 Å². The number of ketones is 1. The summed E-state index contributed by atoms with van der Waals surface area (Å²) < 4.78 is 0. The zero-order chi connectivity index (χ0) is 42.5. The molecule has 0 saturated heterocycles. The second kappa shape index (κ2) is 23.5. The van der Waals surface area contributed by atoms with Gasteiger partial charge in [-0.25, -0.2) is 5.06 Å². The molecule has 1 amide bonds. The fraction of sp³-hybridized carbons (Fsp3) is 0.754.